The Labute approximate surface area is 237 Å². The number of carbonyl (C=O) groups excluding carboxylic acids is 1. The largest absolute Gasteiger partial charge is 0.353 e. The topological polar surface area (TPSA) is 90.0 Å². The van der Waals surface area contributed by atoms with Gasteiger partial charge < -0.3 is 15.2 Å². The molecule has 0 atom stereocenters. The van der Waals surface area contributed by atoms with E-state index in [0.29, 0.717) is 5.69 Å². The highest BCUT2D eigenvalue weighted by Crippen LogP contribution is 2.26. The predicted octanol–water partition coefficient (Wildman–Crippen LogP) is 5.75. The summed E-state index contributed by atoms with van der Waals surface area (Å²) < 4.78 is 0. The summed E-state index contributed by atoms with van der Waals surface area (Å²) in [6, 6.07) is 27.9. The molecule has 3 aromatic heterocycles. The van der Waals surface area contributed by atoms with Crippen molar-refractivity contribution in [2.45, 2.75) is 6.54 Å². The number of nitrogens with one attached hydrogen (secondary N) is 2. The summed E-state index contributed by atoms with van der Waals surface area (Å²) in [6.07, 6.45) is 5.63. The van der Waals surface area contributed by atoms with E-state index in [2.05, 4.69) is 43.3 Å². The molecule has 0 radical (unpaired) electrons. The first kappa shape index (κ1) is 24.9. The summed E-state index contributed by atoms with van der Waals surface area (Å²) in [7, 11) is 0. The first-order valence-electron chi connectivity index (χ1n) is 13.8. The van der Waals surface area contributed by atoms with Crippen molar-refractivity contribution in [2.75, 3.05) is 36.4 Å². The maximum absolute atomic E-state index is 12.8. The maximum atomic E-state index is 12.8. The van der Waals surface area contributed by atoms with Gasteiger partial charge in [-0.3, -0.25) is 19.7 Å². The standard InChI is InChI=1S/C33H29N7O/c41-33(31-19-26-5-1-2-6-28(26)37-31)36-27-10-7-24(8-11-27)25-9-12-29-30(18-25)38-32(21-35-29)40-16-14-39(15-17-40)22-23-4-3-13-34-20-23/h1-13,18-21,37H,14-17,22H2,(H,36,41). The van der Waals surface area contributed by atoms with Crippen LogP contribution < -0.4 is 10.2 Å². The molecule has 0 saturated carbocycles. The van der Waals surface area contributed by atoms with Crippen LogP contribution in [0.5, 0.6) is 0 Å². The zero-order valence-corrected chi connectivity index (χ0v) is 22.5. The van der Waals surface area contributed by atoms with Gasteiger partial charge >= 0.3 is 0 Å². The molecule has 0 unspecified atom stereocenters. The van der Waals surface area contributed by atoms with Gasteiger partial charge in [0, 0.05) is 61.7 Å². The van der Waals surface area contributed by atoms with Crippen LogP contribution in [0.3, 0.4) is 0 Å². The van der Waals surface area contributed by atoms with Gasteiger partial charge in [-0.1, -0.05) is 42.5 Å². The molecule has 2 N–H and O–H groups in total. The van der Waals surface area contributed by atoms with Crippen LogP contribution >= 0.6 is 0 Å². The molecule has 1 aliphatic heterocycles. The number of para-hydroxylation sites is 1. The molecule has 3 aromatic carbocycles. The molecule has 1 saturated heterocycles. The second kappa shape index (κ2) is 10.8. The zero-order valence-electron chi connectivity index (χ0n) is 22.5. The van der Waals surface area contributed by atoms with E-state index in [1.54, 1.807) is 0 Å². The molecule has 41 heavy (non-hydrogen) atoms. The van der Waals surface area contributed by atoms with Crippen molar-refractivity contribution in [2.24, 2.45) is 0 Å². The normalized spacial score (nSPS) is 14.0. The molecule has 1 fully saturated rings. The number of amides is 1. The number of fused-ring (bicyclic) bond motifs is 2. The third-order valence-corrected chi connectivity index (χ3v) is 7.61. The highest BCUT2D eigenvalue weighted by molar-refractivity contribution is 6.06. The van der Waals surface area contributed by atoms with E-state index in [0.717, 1.165) is 77.3 Å². The van der Waals surface area contributed by atoms with Crippen molar-refractivity contribution in [3.63, 3.8) is 0 Å². The van der Waals surface area contributed by atoms with Crippen LogP contribution in [-0.2, 0) is 6.54 Å². The molecule has 202 valence electrons. The van der Waals surface area contributed by atoms with E-state index < -0.39 is 0 Å². The Bertz CT molecular complexity index is 1790. The summed E-state index contributed by atoms with van der Waals surface area (Å²) in [4.78, 5) is 34.6. The third kappa shape index (κ3) is 5.37. The van der Waals surface area contributed by atoms with Crippen LogP contribution in [0, 0.1) is 0 Å². The van der Waals surface area contributed by atoms with Crippen LogP contribution in [0.4, 0.5) is 11.5 Å². The SMILES string of the molecule is O=C(Nc1ccc(-c2ccc3ncc(N4CCN(Cc5cccnc5)CC4)nc3c2)cc1)c1cc2ccccc2[nH]1. The monoisotopic (exact) mass is 539 g/mol. The molecule has 0 spiro atoms. The highest BCUT2D eigenvalue weighted by Gasteiger charge is 2.19. The van der Waals surface area contributed by atoms with Crippen LogP contribution in [0.15, 0.2) is 104 Å². The fourth-order valence-electron chi connectivity index (χ4n) is 5.36. The molecular weight excluding hydrogens is 510 g/mol. The van der Waals surface area contributed by atoms with Crippen molar-refractivity contribution in [1.29, 1.82) is 0 Å². The van der Waals surface area contributed by atoms with Gasteiger partial charge in [0.1, 0.15) is 11.5 Å². The summed E-state index contributed by atoms with van der Waals surface area (Å²) in [5.74, 6) is 0.742. The Hall–Kier alpha value is -5.08. The van der Waals surface area contributed by atoms with Gasteiger partial charge in [0.15, 0.2) is 0 Å². The number of nitrogens with zero attached hydrogens (tertiary/aromatic N) is 5. The Kier molecular flexibility index (Phi) is 6.58. The van der Waals surface area contributed by atoms with Gasteiger partial charge in [-0.2, -0.15) is 0 Å². The predicted molar refractivity (Wildman–Crippen MR) is 163 cm³/mol. The van der Waals surface area contributed by atoms with Crippen molar-refractivity contribution in [1.82, 2.24) is 24.8 Å². The van der Waals surface area contributed by atoms with E-state index in [-0.39, 0.29) is 5.91 Å². The van der Waals surface area contributed by atoms with E-state index in [4.69, 9.17) is 9.97 Å². The number of rotatable bonds is 6. The van der Waals surface area contributed by atoms with Crippen LogP contribution in [0.2, 0.25) is 0 Å². The van der Waals surface area contributed by atoms with E-state index in [9.17, 15) is 4.79 Å². The minimum Gasteiger partial charge on any atom is -0.353 e. The second-order valence-electron chi connectivity index (χ2n) is 10.4. The molecule has 0 aliphatic carbocycles. The molecule has 8 nitrogen and oxygen atoms in total. The van der Waals surface area contributed by atoms with Crippen molar-refractivity contribution < 1.29 is 4.79 Å². The fraction of sp³-hybridized carbons (Fsp3) is 0.152. The number of piperazine rings is 1. The van der Waals surface area contributed by atoms with Gasteiger partial charge in [0.2, 0.25) is 0 Å². The average molecular weight is 540 g/mol. The summed E-state index contributed by atoms with van der Waals surface area (Å²) in [5.41, 5.74) is 7.30. The minimum absolute atomic E-state index is 0.166. The molecular formula is C33H29N7O. The number of hydrogen-bond donors (Lipinski definition) is 2. The average Bonchev–Trinajstić information content (AvgIpc) is 3.47. The number of hydrogen-bond acceptors (Lipinski definition) is 6. The van der Waals surface area contributed by atoms with Crippen LogP contribution in [0.25, 0.3) is 33.1 Å². The lowest BCUT2D eigenvalue weighted by Gasteiger charge is -2.35. The number of pyridine rings is 1. The first-order valence-corrected chi connectivity index (χ1v) is 13.8. The minimum atomic E-state index is -0.166. The van der Waals surface area contributed by atoms with Crippen molar-refractivity contribution in [3.05, 3.63) is 115 Å². The number of aromatic amines is 1. The zero-order chi connectivity index (χ0) is 27.6. The lowest BCUT2D eigenvalue weighted by Crippen LogP contribution is -2.46. The van der Waals surface area contributed by atoms with E-state index >= 15 is 0 Å². The fourth-order valence-corrected chi connectivity index (χ4v) is 5.36. The van der Waals surface area contributed by atoms with Crippen molar-refractivity contribution >= 4 is 39.3 Å². The molecule has 6 aromatic rings. The Balaban J connectivity index is 1.03. The number of H-pyrrole nitrogens is 1. The van der Waals surface area contributed by atoms with E-state index in [1.165, 1.54) is 5.56 Å². The Morgan fingerprint density at radius 2 is 1.66 bits per heavy atom. The van der Waals surface area contributed by atoms with Crippen LogP contribution in [-0.4, -0.2) is 56.9 Å². The molecule has 8 heteroatoms. The molecule has 0 bridgehead atoms. The molecule has 4 heterocycles. The van der Waals surface area contributed by atoms with Gasteiger partial charge in [-0.05, 0) is 59.2 Å². The smallest absolute Gasteiger partial charge is 0.272 e. The number of benzene rings is 3. The third-order valence-electron chi connectivity index (χ3n) is 7.61. The quantitative estimate of drug-likeness (QED) is 0.280. The number of aromatic nitrogens is 4. The second-order valence-corrected chi connectivity index (χ2v) is 10.4. The first-order chi connectivity index (χ1) is 20.2. The highest BCUT2D eigenvalue weighted by atomic mass is 16.1. The summed E-state index contributed by atoms with van der Waals surface area (Å²) in [6.45, 7) is 4.67. The lowest BCUT2D eigenvalue weighted by atomic mass is 10.0. The molecule has 1 amide bonds. The van der Waals surface area contributed by atoms with Gasteiger partial charge in [-0.25, -0.2) is 4.98 Å². The lowest BCUT2D eigenvalue weighted by molar-refractivity contribution is 0.102. The summed E-state index contributed by atoms with van der Waals surface area (Å²) in [5, 5.41) is 4.00. The van der Waals surface area contributed by atoms with Crippen LogP contribution in [0.1, 0.15) is 16.1 Å². The number of carbonyl (C=O) groups is 1. The van der Waals surface area contributed by atoms with E-state index in [1.807, 2.05) is 85.3 Å². The van der Waals surface area contributed by atoms with Gasteiger partial charge in [-0.15, -0.1) is 0 Å². The maximum Gasteiger partial charge on any atom is 0.272 e. The Morgan fingerprint density at radius 3 is 2.46 bits per heavy atom. The number of anilines is 2. The summed E-state index contributed by atoms with van der Waals surface area (Å²) >= 11 is 0. The molecule has 1 aliphatic rings. The van der Waals surface area contributed by atoms with Crippen molar-refractivity contribution in [3.8, 4) is 11.1 Å². The van der Waals surface area contributed by atoms with Gasteiger partial charge in [0.05, 0.1) is 17.2 Å². The van der Waals surface area contributed by atoms with Gasteiger partial charge in [0.25, 0.3) is 5.91 Å². The molecule has 7 rings (SSSR count). The Morgan fingerprint density at radius 1 is 0.829 bits per heavy atom.